The summed E-state index contributed by atoms with van der Waals surface area (Å²) in [4.78, 5) is 19.2. The Morgan fingerprint density at radius 3 is 2.68 bits per heavy atom. The Balaban J connectivity index is 2.15. The van der Waals surface area contributed by atoms with Crippen LogP contribution in [-0.2, 0) is 0 Å². The summed E-state index contributed by atoms with van der Waals surface area (Å²) in [5.74, 6) is -0.963. The number of para-hydroxylation sites is 1. The minimum Gasteiger partial charge on any atom is -0.477 e. The summed E-state index contributed by atoms with van der Waals surface area (Å²) in [5.41, 5.74) is 1.02. The SMILES string of the molecule is O=C(O)c1[nH]c2ccccc2c1Sc1ccccn1. The Morgan fingerprint density at radius 1 is 1.16 bits per heavy atom. The number of pyridine rings is 1. The first kappa shape index (κ1) is 11.8. The number of H-pyrrole nitrogens is 1. The van der Waals surface area contributed by atoms with Gasteiger partial charge in [-0.3, -0.25) is 0 Å². The average Bonchev–Trinajstić information content (AvgIpc) is 2.79. The Hall–Kier alpha value is -2.27. The molecule has 0 saturated carbocycles. The molecule has 0 unspecified atom stereocenters. The normalized spacial score (nSPS) is 10.7. The first-order valence-electron chi connectivity index (χ1n) is 5.68. The van der Waals surface area contributed by atoms with Crippen LogP contribution in [0.3, 0.4) is 0 Å². The van der Waals surface area contributed by atoms with E-state index in [1.807, 2.05) is 42.5 Å². The number of hydrogen-bond acceptors (Lipinski definition) is 3. The Kier molecular flexibility index (Phi) is 2.97. The van der Waals surface area contributed by atoms with E-state index in [9.17, 15) is 9.90 Å². The Labute approximate surface area is 113 Å². The van der Waals surface area contributed by atoms with Crippen LogP contribution in [0.1, 0.15) is 10.5 Å². The molecule has 0 fully saturated rings. The van der Waals surface area contributed by atoms with Crippen LogP contribution in [0.2, 0.25) is 0 Å². The van der Waals surface area contributed by atoms with Gasteiger partial charge in [-0.2, -0.15) is 0 Å². The predicted octanol–water partition coefficient (Wildman–Crippen LogP) is 3.41. The second kappa shape index (κ2) is 4.78. The maximum Gasteiger partial charge on any atom is 0.353 e. The third-order valence-corrected chi connectivity index (χ3v) is 3.80. The average molecular weight is 270 g/mol. The zero-order valence-electron chi connectivity index (χ0n) is 9.83. The standard InChI is InChI=1S/C14H10N2O2S/c17-14(18)12-13(19-11-7-3-4-8-15-11)9-5-1-2-6-10(9)16-12/h1-8,16H,(H,17,18). The van der Waals surface area contributed by atoms with Crippen molar-refractivity contribution in [2.75, 3.05) is 0 Å². The van der Waals surface area contributed by atoms with Crippen LogP contribution < -0.4 is 0 Å². The maximum atomic E-state index is 11.3. The van der Waals surface area contributed by atoms with E-state index in [1.165, 1.54) is 11.8 Å². The fraction of sp³-hybridized carbons (Fsp3) is 0. The molecule has 0 radical (unpaired) electrons. The van der Waals surface area contributed by atoms with Crippen molar-refractivity contribution < 1.29 is 9.90 Å². The molecule has 4 nitrogen and oxygen atoms in total. The predicted molar refractivity (Wildman–Crippen MR) is 73.6 cm³/mol. The molecular formula is C14H10N2O2S. The van der Waals surface area contributed by atoms with Gasteiger partial charge in [0, 0.05) is 17.1 Å². The summed E-state index contributed by atoms with van der Waals surface area (Å²) in [6, 6.07) is 13.1. The molecule has 1 aromatic carbocycles. The number of fused-ring (bicyclic) bond motifs is 1. The van der Waals surface area contributed by atoms with Crippen LogP contribution in [0.25, 0.3) is 10.9 Å². The largest absolute Gasteiger partial charge is 0.477 e. The lowest BCUT2D eigenvalue weighted by molar-refractivity contribution is 0.0688. The molecule has 2 N–H and O–H groups in total. The van der Waals surface area contributed by atoms with E-state index in [0.29, 0.717) is 4.90 Å². The summed E-state index contributed by atoms with van der Waals surface area (Å²) in [6.45, 7) is 0. The van der Waals surface area contributed by atoms with Crippen LogP contribution in [0.15, 0.2) is 58.6 Å². The van der Waals surface area contributed by atoms with Crippen molar-refractivity contribution in [3.05, 3.63) is 54.4 Å². The fourth-order valence-electron chi connectivity index (χ4n) is 1.88. The summed E-state index contributed by atoms with van der Waals surface area (Å²) < 4.78 is 0. The molecule has 0 atom stereocenters. The van der Waals surface area contributed by atoms with Gasteiger partial charge in [0.1, 0.15) is 10.7 Å². The number of carbonyl (C=O) groups is 1. The lowest BCUT2D eigenvalue weighted by Crippen LogP contribution is -1.98. The number of nitrogens with one attached hydrogen (secondary N) is 1. The highest BCUT2D eigenvalue weighted by molar-refractivity contribution is 7.99. The number of benzene rings is 1. The van der Waals surface area contributed by atoms with Gasteiger partial charge in [0.15, 0.2) is 0 Å². The molecule has 3 rings (SSSR count). The monoisotopic (exact) mass is 270 g/mol. The molecule has 5 heteroatoms. The van der Waals surface area contributed by atoms with Crippen LogP contribution in [0.5, 0.6) is 0 Å². The van der Waals surface area contributed by atoms with Gasteiger partial charge in [-0.15, -0.1) is 0 Å². The van der Waals surface area contributed by atoms with Crippen LogP contribution in [0.4, 0.5) is 0 Å². The van der Waals surface area contributed by atoms with E-state index in [1.54, 1.807) is 6.20 Å². The van der Waals surface area contributed by atoms with Crippen molar-refractivity contribution in [1.82, 2.24) is 9.97 Å². The second-order valence-corrected chi connectivity index (χ2v) is 4.98. The maximum absolute atomic E-state index is 11.3. The highest BCUT2D eigenvalue weighted by Crippen LogP contribution is 2.35. The van der Waals surface area contributed by atoms with Gasteiger partial charge in [-0.05, 0) is 18.2 Å². The molecule has 2 aromatic heterocycles. The third-order valence-electron chi connectivity index (χ3n) is 2.72. The molecule has 0 aliphatic rings. The minimum absolute atomic E-state index is 0.205. The summed E-state index contributed by atoms with van der Waals surface area (Å²) >= 11 is 1.36. The van der Waals surface area contributed by atoms with Gasteiger partial charge >= 0.3 is 5.97 Å². The molecule has 2 heterocycles. The van der Waals surface area contributed by atoms with E-state index < -0.39 is 5.97 Å². The molecule has 94 valence electrons. The van der Waals surface area contributed by atoms with Gasteiger partial charge in [0.25, 0.3) is 0 Å². The number of aromatic carboxylic acids is 1. The number of carboxylic acids is 1. The molecule has 19 heavy (non-hydrogen) atoms. The summed E-state index contributed by atoms with van der Waals surface area (Å²) in [6.07, 6.45) is 1.69. The van der Waals surface area contributed by atoms with Crippen molar-refractivity contribution in [3.8, 4) is 0 Å². The first-order valence-corrected chi connectivity index (χ1v) is 6.50. The Morgan fingerprint density at radius 2 is 1.95 bits per heavy atom. The zero-order chi connectivity index (χ0) is 13.2. The first-order chi connectivity index (χ1) is 9.25. The lowest BCUT2D eigenvalue weighted by Gasteiger charge is -2.00. The molecule has 0 aliphatic carbocycles. The van der Waals surface area contributed by atoms with Crippen LogP contribution >= 0.6 is 11.8 Å². The second-order valence-electron chi connectivity index (χ2n) is 3.95. The van der Waals surface area contributed by atoms with Crippen molar-refractivity contribution in [2.24, 2.45) is 0 Å². The van der Waals surface area contributed by atoms with Crippen LogP contribution in [-0.4, -0.2) is 21.0 Å². The molecule has 0 aliphatic heterocycles. The highest BCUT2D eigenvalue weighted by Gasteiger charge is 2.18. The molecule has 0 spiro atoms. The molecule has 0 amide bonds. The van der Waals surface area contributed by atoms with E-state index in [-0.39, 0.29) is 5.69 Å². The fourth-order valence-corrected chi connectivity index (χ4v) is 2.88. The quantitative estimate of drug-likeness (QED) is 0.765. The summed E-state index contributed by atoms with van der Waals surface area (Å²) in [5, 5.41) is 11.0. The van der Waals surface area contributed by atoms with E-state index in [0.717, 1.165) is 15.9 Å². The van der Waals surface area contributed by atoms with Gasteiger partial charge in [-0.1, -0.05) is 36.0 Å². The zero-order valence-corrected chi connectivity index (χ0v) is 10.6. The number of carboxylic acid groups (broad SMARTS) is 1. The number of aromatic nitrogens is 2. The Bertz CT molecular complexity index is 738. The molecular weight excluding hydrogens is 260 g/mol. The third kappa shape index (κ3) is 2.20. The van der Waals surface area contributed by atoms with E-state index in [2.05, 4.69) is 9.97 Å². The smallest absolute Gasteiger partial charge is 0.353 e. The molecule has 0 bridgehead atoms. The van der Waals surface area contributed by atoms with E-state index in [4.69, 9.17) is 0 Å². The number of nitrogens with zero attached hydrogens (tertiary/aromatic N) is 1. The van der Waals surface area contributed by atoms with Gasteiger partial charge in [0.2, 0.25) is 0 Å². The van der Waals surface area contributed by atoms with Crippen LogP contribution in [0, 0.1) is 0 Å². The number of rotatable bonds is 3. The van der Waals surface area contributed by atoms with Crippen molar-refractivity contribution >= 4 is 28.6 Å². The summed E-state index contributed by atoms with van der Waals surface area (Å²) in [7, 11) is 0. The van der Waals surface area contributed by atoms with Gasteiger partial charge in [-0.25, -0.2) is 9.78 Å². The topological polar surface area (TPSA) is 66.0 Å². The molecule has 0 saturated heterocycles. The van der Waals surface area contributed by atoms with Crippen molar-refractivity contribution in [2.45, 2.75) is 9.92 Å². The highest BCUT2D eigenvalue weighted by atomic mass is 32.2. The number of aromatic amines is 1. The lowest BCUT2D eigenvalue weighted by atomic mass is 10.2. The van der Waals surface area contributed by atoms with Crippen molar-refractivity contribution in [3.63, 3.8) is 0 Å². The van der Waals surface area contributed by atoms with Crippen molar-refractivity contribution in [1.29, 1.82) is 0 Å². The van der Waals surface area contributed by atoms with E-state index >= 15 is 0 Å². The molecule has 3 aromatic rings. The van der Waals surface area contributed by atoms with Gasteiger partial charge in [0.05, 0.1) is 4.90 Å². The number of hydrogen-bond donors (Lipinski definition) is 2. The minimum atomic E-state index is -0.963. The van der Waals surface area contributed by atoms with Gasteiger partial charge < -0.3 is 10.1 Å².